The van der Waals surface area contributed by atoms with Gasteiger partial charge in [-0.05, 0) is 59.1 Å². The summed E-state index contributed by atoms with van der Waals surface area (Å²) in [5.41, 5.74) is 1.45. The van der Waals surface area contributed by atoms with E-state index in [0.29, 0.717) is 27.0 Å². The molecule has 10 heteroatoms. The van der Waals surface area contributed by atoms with Crippen LogP contribution in [0.5, 0.6) is 5.75 Å². The van der Waals surface area contributed by atoms with Gasteiger partial charge in [0.2, 0.25) is 5.28 Å². The van der Waals surface area contributed by atoms with Crippen LogP contribution >= 0.6 is 34.7 Å². The number of nitrogens with zero attached hydrogens (tertiary/aromatic N) is 4. The van der Waals surface area contributed by atoms with Gasteiger partial charge >= 0.3 is 0 Å². The van der Waals surface area contributed by atoms with Gasteiger partial charge in [-0.25, -0.2) is 9.67 Å². The number of hydrogen-bond acceptors (Lipinski definition) is 6. The van der Waals surface area contributed by atoms with Crippen molar-refractivity contribution in [2.45, 2.75) is 0 Å². The van der Waals surface area contributed by atoms with Gasteiger partial charge in [-0.1, -0.05) is 0 Å². The monoisotopic (exact) mass is 455 g/mol. The lowest BCUT2D eigenvalue weighted by Crippen LogP contribution is -2.12. The van der Waals surface area contributed by atoms with Crippen LogP contribution in [-0.2, 0) is 4.57 Å². The summed E-state index contributed by atoms with van der Waals surface area (Å²) in [4.78, 5) is 8.06. The Morgan fingerprint density at radius 3 is 2.73 bits per heavy atom. The number of methoxy groups -OCH3 is 1. The van der Waals surface area contributed by atoms with E-state index in [1.54, 1.807) is 43.7 Å². The Kier molecular flexibility index (Phi) is 5.37. The van der Waals surface area contributed by atoms with Crippen molar-refractivity contribution in [2.75, 3.05) is 25.8 Å². The summed E-state index contributed by atoms with van der Waals surface area (Å²) in [6.45, 7) is 3.42. The highest BCUT2D eigenvalue weighted by atomic mass is 79.9. The van der Waals surface area contributed by atoms with Crippen molar-refractivity contribution in [3.05, 3.63) is 46.5 Å². The molecule has 0 aliphatic rings. The van der Waals surface area contributed by atoms with Gasteiger partial charge in [0.15, 0.2) is 5.75 Å². The molecule has 1 aromatic carbocycles. The quantitative estimate of drug-likeness (QED) is 0.460. The van der Waals surface area contributed by atoms with E-state index in [2.05, 4.69) is 36.3 Å². The summed E-state index contributed by atoms with van der Waals surface area (Å²) in [5.74, 6) is 1.14. The lowest BCUT2D eigenvalue weighted by Gasteiger charge is -2.17. The molecule has 2 aromatic heterocycles. The third-order valence-electron chi connectivity index (χ3n) is 3.59. The van der Waals surface area contributed by atoms with Crippen molar-refractivity contribution in [1.29, 1.82) is 0 Å². The van der Waals surface area contributed by atoms with E-state index in [1.807, 2.05) is 18.2 Å². The maximum Gasteiger partial charge on any atom is 0.224 e. The molecule has 3 aromatic rings. The van der Waals surface area contributed by atoms with Gasteiger partial charge in [0.25, 0.3) is 0 Å². The van der Waals surface area contributed by atoms with E-state index in [0.717, 1.165) is 5.69 Å². The molecule has 26 heavy (non-hydrogen) atoms. The molecule has 3 rings (SSSR count). The van der Waals surface area contributed by atoms with Crippen molar-refractivity contribution >= 4 is 51.5 Å². The maximum absolute atomic E-state index is 12.9. The zero-order valence-electron chi connectivity index (χ0n) is 14.3. The summed E-state index contributed by atoms with van der Waals surface area (Å²) in [7, 11) is -1.01. The van der Waals surface area contributed by atoms with Crippen molar-refractivity contribution in [1.82, 2.24) is 19.7 Å². The van der Waals surface area contributed by atoms with Gasteiger partial charge in [0.05, 0.1) is 35.4 Å². The van der Waals surface area contributed by atoms with Gasteiger partial charge in [0.1, 0.15) is 13.0 Å². The summed E-state index contributed by atoms with van der Waals surface area (Å²) in [6.07, 6.45) is 4.92. The molecular formula is C16H16BrClN5O2P. The van der Waals surface area contributed by atoms with Gasteiger partial charge in [-0.2, -0.15) is 10.1 Å². The fourth-order valence-corrected chi connectivity index (χ4v) is 3.90. The number of anilines is 2. The molecule has 0 amide bonds. The van der Waals surface area contributed by atoms with E-state index in [9.17, 15) is 4.57 Å². The number of halogens is 2. The zero-order chi connectivity index (χ0) is 18.9. The van der Waals surface area contributed by atoms with Crippen molar-refractivity contribution in [2.24, 2.45) is 0 Å². The molecule has 0 unspecified atom stereocenters. The summed E-state index contributed by atoms with van der Waals surface area (Å²) >= 11 is 9.25. The Labute approximate surface area is 164 Å². The first-order valence-electron chi connectivity index (χ1n) is 7.51. The number of aromatic nitrogens is 4. The van der Waals surface area contributed by atoms with Crippen molar-refractivity contribution < 1.29 is 9.30 Å². The number of ether oxygens (including phenoxy) is 1. The van der Waals surface area contributed by atoms with Gasteiger partial charge in [-0.3, -0.25) is 0 Å². The van der Waals surface area contributed by atoms with Crippen LogP contribution < -0.4 is 15.4 Å². The average Bonchev–Trinajstić information content (AvgIpc) is 3.06. The Morgan fingerprint density at radius 2 is 2.08 bits per heavy atom. The Balaban J connectivity index is 2.05. The molecule has 0 aliphatic heterocycles. The third-order valence-corrected chi connectivity index (χ3v) is 5.88. The van der Waals surface area contributed by atoms with Crippen LogP contribution in [0.1, 0.15) is 0 Å². The minimum Gasteiger partial charge on any atom is -0.493 e. The third kappa shape index (κ3) is 4.09. The van der Waals surface area contributed by atoms with E-state index >= 15 is 0 Å². The fourth-order valence-electron chi connectivity index (χ4n) is 2.33. The molecule has 136 valence electrons. The normalized spacial score (nSPS) is 11.4. The van der Waals surface area contributed by atoms with Crippen molar-refractivity contribution in [3.63, 3.8) is 0 Å². The number of rotatable bonds is 5. The summed E-state index contributed by atoms with van der Waals surface area (Å²) in [5, 5.41) is 8.22. The molecule has 1 N–H and O–H groups in total. The van der Waals surface area contributed by atoms with Crippen LogP contribution in [0.15, 0.2) is 41.3 Å². The highest BCUT2D eigenvalue weighted by molar-refractivity contribution is 9.10. The van der Waals surface area contributed by atoms with E-state index < -0.39 is 7.14 Å². The van der Waals surface area contributed by atoms with Crippen LogP contribution in [0, 0.1) is 0 Å². The van der Waals surface area contributed by atoms with Gasteiger partial charge < -0.3 is 14.6 Å². The lowest BCUT2D eigenvalue weighted by atomic mass is 10.2. The summed E-state index contributed by atoms with van der Waals surface area (Å²) in [6, 6.07) is 5.54. The van der Waals surface area contributed by atoms with Crippen LogP contribution in [0.2, 0.25) is 5.28 Å². The Bertz CT molecular complexity index is 1000. The second kappa shape index (κ2) is 7.39. The molecule has 2 heterocycles. The van der Waals surface area contributed by atoms with Crippen LogP contribution in [-0.4, -0.2) is 40.2 Å². The Hall–Kier alpha value is -1.89. The van der Waals surface area contributed by atoms with E-state index in [4.69, 9.17) is 16.3 Å². The first-order chi connectivity index (χ1) is 12.3. The van der Waals surface area contributed by atoms with E-state index in [-0.39, 0.29) is 5.28 Å². The number of benzene rings is 1. The van der Waals surface area contributed by atoms with Gasteiger partial charge in [0, 0.05) is 11.5 Å². The van der Waals surface area contributed by atoms with E-state index in [1.165, 1.54) is 0 Å². The van der Waals surface area contributed by atoms with Crippen molar-refractivity contribution in [3.8, 4) is 11.4 Å². The minimum absolute atomic E-state index is 0.119. The predicted molar refractivity (Wildman–Crippen MR) is 107 cm³/mol. The highest BCUT2D eigenvalue weighted by Gasteiger charge is 2.19. The zero-order valence-corrected chi connectivity index (χ0v) is 17.5. The maximum atomic E-state index is 12.9. The highest BCUT2D eigenvalue weighted by Crippen LogP contribution is 2.39. The second-order valence-electron chi connectivity index (χ2n) is 5.84. The smallest absolute Gasteiger partial charge is 0.224 e. The number of hydrogen-bond donors (Lipinski definition) is 1. The first-order valence-corrected chi connectivity index (χ1v) is 11.3. The SMILES string of the molecule is COc1cnn(-c2ccc(Nc3nc(Cl)ncc3Br)c(P(C)(C)=O)c2)c1. The molecule has 0 spiro atoms. The average molecular weight is 457 g/mol. The minimum atomic E-state index is -2.59. The molecule has 0 radical (unpaired) electrons. The lowest BCUT2D eigenvalue weighted by molar-refractivity contribution is 0.414. The standard InChI is InChI=1S/C16H16BrClN5O2P/c1-25-11-7-20-23(9-11)10-4-5-13(14(6-10)26(2,3)24)21-15-12(17)8-19-16(18)22-15/h4-9H,1-3H3,(H,19,21,22). The summed E-state index contributed by atoms with van der Waals surface area (Å²) < 4.78 is 20.3. The molecule has 0 atom stereocenters. The Morgan fingerprint density at radius 1 is 1.31 bits per heavy atom. The molecule has 0 bridgehead atoms. The molecule has 0 aliphatic carbocycles. The topological polar surface area (TPSA) is 81.9 Å². The fraction of sp³-hybridized carbons (Fsp3) is 0.188. The first kappa shape index (κ1) is 18.9. The molecule has 0 saturated heterocycles. The van der Waals surface area contributed by atoms with Crippen LogP contribution in [0.25, 0.3) is 5.69 Å². The second-order valence-corrected chi connectivity index (χ2v) is 10.2. The van der Waals surface area contributed by atoms with Crippen LogP contribution in [0.4, 0.5) is 11.5 Å². The number of nitrogens with one attached hydrogen (secondary N) is 1. The van der Waals surface area contributed by atoms with Crippen LogP contribution in [0.3, 0.4) is 0 Å². The molecule has 0 saturated carbocycles. The molecule has 7 nitrogen and oxygen atoms in total. The van der Waals surface area contributed by atoms with Gasteiger partial charge in [-0.15, -0.1) is 0 Å². The molecular weight excluding hydrogens is 441 g/mol. The molecule has 0 fully saturated rings. The predicted octanol–water partition coefficient (Wildman–Crippen LogP) is 4.08. The largest absolute Gasteiger partial charge is 0.493 e.